The van der Waals surface area contributed by atoms with Crippen LogP contribution < -0.4 is 10.1 Å². The van der Waals surface area contributed by atoms with Gasteiger partial charge >= 0.3 is 6.09 Å². The molecule has 3 aromatic rings. The number of hydrogen-bond acceptors (Lipinski definition) is 4. The molecule has 4 rings (SSSR count). The van der Waals surface area contributed by atoms with Gasteiger partial charge in [0.05, 0.1) is 0 Å². The highest BCUT2D eigenvalue weighted by Crippen LogP contribution is 2.32. The van der Waals surface area contributed by atoms with Crippen LogP contribution in [0.1, 0.15) is 25.3 Å². The number of carbonyl (C=O) groups excluding carboxylic acids is 2. The molecule has 32 heavy (non-hydrogen) atoms. The van der Waals surface area contributed by atoms with E-state index in [1.54, 1.807) is 31.2 Å². The van der Waals surface area contributed by atoms with Crippen molar-refractivity contribution < 1.29 is 19.1 Å². The third-order valence-electron chi connectivity index (χ3n) is 5.65. The predicted octanol–water partition coefficient (Wildman–Crippen LogP) is 5.61. The molecule has 1 saturated heterocycles. The number of para-hydroxylation sites is 1. The van der Waals surface area contributed by atoms with E-state index < -0.39 is 11.6 Å². The van der Waals surface area contributed by atoms with Gasteiger partial charge in [-0.1, -0.05) is 48.5 Å². The fourth-order valence-corrected chi connectivity index (χ4v) is 3.79. The largest absolute Gasteiger partial charge is 0.457 e. The molecular formula is C26H26N2O4. The van der Waals surface area contributed by atoms with Gasteiger partial charge < -0.3 is 14.8 Å². The number of carbonyl (C=O) groups is 2. The molecule has 1 heterocycles. The molecule has 1 aliphatic heterocycles. The minimum Gasteiger partial charge on any atom is -0.457 e. The Morgan fingerprint density at radius 1 is 0.906 bits per heavy atom. The summed E-state index contributed by atoms with van der Waals surface area (Å²) in [6.07, 6.45) is 0.846. The number of hydrogen-bond donors (Lipinski definition) is 1. The third kappa shape index (κ3) is 4.91. The molecule has 0 aliphatic carbocycles. The Morgan fingerprint density at radius 2 is 1.53 bits per heavy atom. The van der Waals surface area contributed by atoms with Crippen molar-refractivity contribution in [1.29, 1.82) is 0 Å². The molecule has 1 N–H and O–H groups in total. The predicted molar refractivity (Wildman–Crippen MR) is 123 cm³/mol. The van der Waals surface area contributed by atoms with E-state index in [0.717, 1.165) is 17.7 Å². The maximum Gasteiger partial charge on any atom is 0.410 e. The number of amides is 2. The van der Waals surface area contributed by atoms with Gasteiger partial charge in [-0.15, -0.1) is 0 Å². The van der Waals surface area contributed by atoms with Crippen LogP contribution >= 0.6 is 0 Å². The normalized spacial score (nSPS) is 17.6. The SMILES string of the molecule is CC1(C(=O)Nc2ccc(Oc3ccccc3)cc2)CCCN1C(=O)OCc1ccccc1. The second-order valence-electron chi connectivity index (χ2n) is 7.96. The number of benzene rings is 3. The van der Waals surface area contributed by atoms with E-state index in [-0.39, 0.29) is 12.5 Å². The van der Waals surface area contributed by atoms with Crippen LogP contribution in [0.4, 0.5) is 10.5 Å². The quantitative estimate of drug-likeness (QED) is 0.552. The zero-order valence-corrected chi connectivity index (χ0v) is 18.0. The average molecular weight is 431 g/mol. The molecular weight excluding hydrogens is 404 g/mol. The molecule has 1 fully saturated rings. The summed E-state index contributed by atoms with van der Waals surface area (Å²) in [5.74, 6) is 1.18. The molecule has 2 amide bonds. The average Bonchev–Trinajstić information content (AvgIpc) is 3.23. The van der Waals surface area contributed by atoms with Crippen molar-refractivity contribution in [3.05, 3.63) is 90.5 Å². The summed E-state index contributed by atoms with van der Waals surface area (Å²) in [6.45, 7) is 2.45. The Hall–Kier alpha value is -3.80. The van der Waals surface area contributed by atoms with Crippen molar-refractivity contribution in [2.24, 2.45) is 0 Å². The van der Waals surface area contributed by atoms with Gasteiger partial charge in [-0.3, -0.25) is 9.69 Å². The first-order chi connectivity index (χ1) is 15.5. The maximum absolute atomic E-state index is 13.1. The molecule has 0 aromatic heterocycles. The minimum absolute atomic E-state index is 0.177. The first-order valence-corrected chi connectivity index (χ1v) is 10.7. The van der Waals surface area contributed by atoms with E-state index >= 15 is 0 Å². The van der Waals surface area contributed by atoms with Gasteiger partial charge in [-0.05, 0) is 61.7 Å². The van der Waals surface area contributed by atoms with Gasteiger partial charge in [-0.2, -0.15) is 0 Å². The topological polar surface area (TPSA) is 67.9 Å². The molecule has 3 aromatic carbocycles. The maximum atomic E-state index is 13.1. The van der Waals surface area contributed by atoms with E-state index in [1.165, 1.54) is 4.90 Å². The van der Waals surface area contributed by atoms with Gasteiger partial charge in [0.25, 0.3) is 0 Å². The van der Waals surface area contributed by atoms with Gasteiger partial charge in [0.2, 0.25) is 5.91 Å². The van der Waals surface area contributed by atoms with E-state index in [4.69, 9.17) is 9.47 Å². The van der Waals surface area contributed by atoms with E-state index in [0.29, 0.717) is 24.4 Å². The zero-order chi connectivity index (χ0) is 22.4. The highest BCUT2D eigenvalue weighted by Gasteiger charge is 2.46. The molecule has 0 bridgehead atoms. The van der Waals surface area contributed by atoms with Crippen LogP contribution in [0.25, 0.3) is 0 Å². The first kappa shape index (κ1) is 21.4. The van der Waals surface area contributed by atoms with E-state index in [9.17, 15) is 9.59 Å². The number of likely N-dealkylation sites (tertiary alicyclic amines) is 1. The number of nitrogens with zero attached hydrogens (tertiary/aromatic N) is 1. The molecule has 1 unspecified atom stereocenters. The molecule has 0 saturated carbocycles. The summed E-state index contributed by atoms with van der Waals surface area (Å²) in [4.78, 5) is 27.4. The molecule has 6 nitrogen and oxygen atoms in total. The number of nitrogens with one attached hydrogen (secondary N) is 1. The smallest absolute Gasteiger partial charge is 0.410 e. The lowest BCUT2D eigenvalue weighted by Crippen LogP contribution is -2.53. The Kier molecular flexibility index (Phi) is 6.40. The molecule has 6 heteroatoms. The van der Waals surface area contributed by atoms with Crippen molar-refractivity contribution in [3.63, 3.8) is 0 Å². The van der Waals surface area contributed by atoms with Crippen molar-refractivity contribution in [3.8, 4) is 11.5 Å². The van der Waals surface area contributed by atoms with Crippen LogP contribution in [0.5, 0.6) is 11.5 Å². The lowest BCUT2D eigenvalue weighted by atomic mass is 9.98. The number of rotatable bonds is 6. The Labute approximate surface area is 187 Å². The van der Waals surface area contributed by atoms with Crippen molar-refractivity contribution >= 4 is 17.7 Å². The fraction of sp³-hybridized carbons (Fsp3) is 0.231. The molecule has 164 valence electrons. The summed E-state index contributed by atoms with van der Waals surface area (Å²) in [6, 6.07) is 26.2. The van der Waals surface area contributed by atoms with Crippen LogP contribution in [0.2, 0.25) is 0 Å². The lowest BCUT2D eigenvalue weighted by Gasteiger charge is -2.33. The van der Waals surface area contributed by atoms with Gasteiger partial charge in [0.15, 0.2) is 0 Å². The summed E-state index contributed by atoms with van der Waals surface area (Å²) >= 11 is 0. The summed E-state index contributed by atoms with van der Waals surface area (Å²) in [5, 5.41) is 2.93. The molecule has 1 atom stereocenters. The second kappa shape index (κ2) is 9.56. The highest BCUT2D eigenvalue weighted by molar-refractivity contribution is 6.00. The van der Waals surface area contributed by atoms with Gasteiger partial charge in [0, 0.05) is 12.2 Å². The van der Waals surface area contributed by atoms with Gasteiger partial charge in [-0.25, -0.2) is 4.79 Å². The van der Waals surface area contributed by atoms with Crippen LogP contribution in [0.15, 0.2) is 84.9 Å². The summed E-state index contributed by atoms with van der Waals surface area (Å²) < 4.78 is 11.3. The first-order valence-electron chi connectivity index (χ1n) is 10.7. The van der Waals surface area contributed by atoms with Crippen molar-refractivity contribution in [2.75, 3.05) is 11.9 Å². The zero-order valence-electron chi connectivity index (χ0n) is 18.0. The monoisotopic (exact) mass is 430 g/mol. The Bertz CT molecular complexity index is 1050. The fourth-order valence-electron chi connectivity index (χ4n) is 3.79. The molecule has 1 aliphatic rings. The molecule has 0 radical (unpaired) electrons. The third-order valence-corrected chi connectivity index (χ3v) is 5.65. The van der Waals surface area contributed by atoms with Crippen LogP contribution in [0.3, 0.4) is 0 Å². The highest BCUT2D eigenvalue weighted by atomic mass is 16.6. The summed E-state index contributed by atoms with van der Waals surface area (Å²) in [5.41, 5.74) is 0.581. The minimum atomic E-state index is -0.965. The van der Waals surface area contributed by atoms with Crippen LogP contribution in [-0.2, 0) is 16.1 Å². The van der Waals surface area contributed by atoms with Crippen molar-refractivity contribution in [1.82, 2.24) is 4.90 Å². The lowest BCUT2D eigenvalue weighted by molar-refractivity contribution is -0.125. The standard InChI is InChI=1S/C26H26N2O4/c1-26(17-8-18-28(26)25(30)31-19-20-9-4-2-5-10-20)24(29)27-21-13-15-23(16-14-21)32-22-11-6-3-7-12-22/h2-7,9-16H,8,17-19H2,1H3,(H,27,29). The second-order valence-corrected chi connectivity index (χ2v) is 7.96. The number of ether oxygens (including phenoxy) is 2. The van der Waals surface area contributed by atoms with E-state index in [1.807, 2.05) is 60.7 Å². The van der Waals surface area contributed by atoms with E-state index in [2.05, 4.69) is 5.32 Å². The van der Waals surface area contributed by atoms with Crippen LogP contribution in [0, 0.1) is 0 Å². The Morgan fingerprint density at radius 3 is 2.22 bits per heavy atom. The summed E-state index contributed by atoms with van der Waals surface area (Å²) in [7, 11) is 0. The van der Waals surface area contributed by atoms with Crippen molar-refractivity contribution in [2.45, 2.75) is 31.9 Å². The Balaban J connectivity index is 1.37. The number of anilines is 1. The van der Waals surface area contributed by atoms with Gasteiger partial charge in [0.1, 0.15) is 23.6 Å². The van der Waals surface area contributed by atoms with Crippen LogP contribution in [-0.4, -0.2) is 29.0 Å². The molecule has 0 spiro atoms.